The number of anilines is 1. The van der Waals surface area contributed by atoms with Gasteiger partial charge in [-0.2, -0.15) is 13.5 Å². The number of hydrazone groups is 1. The molecule has 0 spiro atoms. The van der Waals surface area contributed by atoms with Crippen molar-refractivity contribution in [1.82, 2.24) is 0 Å². The highest BCUT2D eigenvalue weighted by molar-refractivity contribution is 7.85. The zero-order valence-corrected chi connectivity index (χ0v) is 11.9. The standard InChI is InChI=1S/C13H11N3O5S/c17-16(18)12-3-1-2-10(8-12)9-14-15-11-4-6-13(7-5-11)22(19,20)21/h1-9,15H,(H,19,20,21). The van der Waals surface area contributed by atoms with Gasteiger partial charge < -0.3 is 0 Å². The SMILES string of the molecule is O=[N+]([O-])c1cccc(C=NNc2ccc(S(=O)(=O)O)cc2)c1. The lowest BCUT2D eigenvalue weighted by molar-refractivity contribution is -0.384. The Kier molecular flexibility index (Phi) is 4.49. The van der Waals surface area contributed by atoms with E-state index in [0.717, 1.165) is 0 Å². The van der Waals surface area contributed by atoms with Crippen LogP contribution in [0.2, 0.25) is 0 Å². The van der Waals surface area contributed by atoms with Gasteiger partial charge >= 0.3 is 0 Å². The van der Waals surface area contributed by atoms with Gasteiger partial charge in [-0.15, -0.1) is 0 Å². The lowest BCUT2D eigenvalue weighted by atomic mass is 10.2. The van der Waals surface area contributed by atoms with Crippen LogP contribution in [0.15, 0.2) is 58.5 Å². The molecule has 0 saturated carbocycles. The van der Waals surface area contributed by atoms with E-state index in [-0.39, 0.29) is 10.6 Å². The zero-order valence-electron chi connectivity index (χ0n) is 11.1. The predicted molar refractivity (Wildman–Crippen MR) is 80.6 cm³/mol. The normalized spacial score (nSPS) is 11.5. The van der Waals surface area contributed by atoms with Crippen molar-refractivity contribution in [3.8, 4) is 0 Å². The minimum absolute atomic E-state index is 0.0403. The molecule has 0 unspecified atom stereocenters. The van der Waals surface area contributed by atoms with E-state index in [9.17, 15) is 18.5 Å². The Bertz CT molecular complexity index is 816. The van der Waals surface area contributed by atoms with Crippen LogP contribution in [0, 0.1) is 10.1 Å². The summed E-state index contributed by atoms with van der Waals surface area (Å²) in [5.74, 6) is 0. The van der Waals surface area contributed by atoms with Gasteiger partial charge in [0.2, 0.25) is 0 Å². The van der Waals surface area contributed by atoms with Crippen molar-refractivity contribution < 1.29 is 17.9 Å². The minimum Gasteiger partial charge on any atom is -0.282 e. The van der Waals surface area contributed by atoms with E-state index in [0.29, 0.717) is 11.3 Å². The van der Waals surface area contributed by atoms with Crippen LogP contribution in [0.1, 0.15) is 5.56 Å². The molecule has 0 atom stereocenters. The monoisotopic (exact) mass is 321 g/mol. The average molecular weight is 321 g/mol. The number of non-ortho nitro benzene ring substituents is 1. The topological polar surface area (TPSA) is 122 Å². The second-order valence-electron chi connectivity index (χ2n) is 4.22. The van der Waals surface area contributed by atoms with Crippen molar-refractivity contribution in [2.75, 3.05) is 5.43 Å². The van der Waals surface area contributed by atoms with Crippen LogP contribution in [0.3, 0.4) is 0 Å². The summed E-state index contributed by atoms with van der Waals surface area (Å²) >= 11 is 0. The molecule has 9 heteroatoms. The van der Waals surface area contributed by atoms with Gasteiger partial charge in [0, 0.05) is 17.7 Å². The van der Waals surface area contributed by atoms with Crippen molar-refractivity contribution in [3.05, 3.63) is 64.2 Å². The third-order valence-corrected chi connectivity index (χ3v) is 3.51. The third-order valence-electron chi connectivity index (χ3n) is 2.64. The quantitative estimate of drug-likeness (QED) is 0.377. The van der Waals surface area contributed by atoms with Crippen molar-refractivity contribution in [2.45, 2.75) is 4.90 Å². The summed E-state index contributed by atoms with van der Waals surface area (Å²) in [5, 5.41) is 14.5. The average Bonchev–Trinajstić information content (AvgIpc) is 2.47. The molecule has 0 saturated heterocycles. The molecule has 2 aromatic rings. The summed E-state index contributed by atoms with van der Waals surface area (Å²) in [5.41, 5.74) is 3.64. The van der Waals surface area contributed by atoms with Crippen molar-refractivity contribution >= 4 is 27.7 Å². The largest absolute Gasteiger partial charge is 0.294 e. The molecule has 114 valence electrons. The van der Waals surface area contributed by atoms with Crippen LogP contribution in [-0.4, -0.2) is 24.1 Å². The first-order chi connectivity index (χ1) is 10.4. The molecule has 0 heterocycles. The zero-order chi connectivity index (χ0) is 16.2. The first kappa shape index (κ1) is 15.6. The number of nitrogens with one attached hydrogen (secondary N) is 1. The van der Waals surface area contributed by atoms with Gasteiger partial charge in [-0.05, 0) is 24.3 Å². The molecule has 0 amide bonds. The number of hydrogen-bond acceptors (Lipinski definition) is 6. The summed E-state index contributed by atoms with van der Waals surface area (Å²) in [4.78, 5) is 9.91. The van der Waals surface area contributed by atoms with Gasteiger partial charge in [0.15, 0.2) is 0 Å². The Morgan fingerprint density at radius 1 is 1.18 bits per heavy atom. The Balaban J connectivity index is 2.06. The number of rotatable bonds is 5. The van der Waals surface area contributed by atoms with Gasteiger partial charge in [-0.3, -0.25) is 20.1 Å². The molecule has 22 heavy (non-hydrogen) atoms. The van der Waals surface area contributed by atoms with E-state index < -0.39 is 15.0 Å². The Hall–Kier alpha value is -2.78. The van der Waals surface area contributed by atoms with Gasteiger partial charge in [-0.25, -0.2) is 0 Å². The number of nitro groups is 1. The molecule has 2 N–H and O–H groups in total. The van der Waals surface area contributed by atoms with E-state index >= 15 is 0 Å². The summed E-state index contributed by atoms with van der Waals surface area (Å²) in [6, 6.07) is 11.2. The van der Waals surface area contributed by atoms with Gasteiger partial charge in [0.1, 0.15) is 0 Å². The van der Waals surface area contributed by atoms with Gasteiger partial charge in [0.25, 0.3) is 15.8 Å². The molecule has 8 nitrogen and oxygen atoms in total. The molecule has 0 aliphatic rings. The first-order valence-corrected chi connectivity index (χ1v) is 7.41. The van der Waals surface area contributed by atoms with Crippen LogP contribution < -0.4 is 5.43 Å². The van der Waals surface area contributed by atoms with E-state index in [4.69, 9.17) is 4.55 Å². The molecule has 0 aromatic heterocycles. The Morgan fingerprint density at radius 3 is 2.45 bits per heavy atom. The fourth-order valence-corrected chi connectivity index (χ4v) is 2.08. The summed E-state index contributed by atoms with van der Waals surface area (Å²) in [6.45, 7) is 0. The van der Waals surface area contributed by atoms with Crippen LogP contribution in [0.5, 0.6) is 0 Å². The summed E-state index contributed by atoms with van der Waals surface area (Å²) in [6.07, 6.45) is 1.39. The van der Waals surface area contributed by atoms with E-state index in [1.54, 1.807) is 12.1 Å². The van der Waals surface area contributed by atoms with Crippen molar-refractivity contribution in [3.63, 3.8) is 0 Å². The number of nitrogens with zero attached hydrogens (tertiary/aromatic N) is 2. The second-order valence-corrected chi connectivity index (χ2v) is 5.64. The second kappa shape index (κ2) is 6.33. The van der Waals surface area contributed by atoms with E-state index in [1.807, 2.05) is 0 Å². The molecule has 0 fully saturated rings. The summed E-state index contributed by atoms with van der Waals surface area (Å²) < 4.78 is 30.6. The smallest absolute Gasteiger partial charge is 0.282 e. The van der Waals surface area contributed by atoms with Crippen LogP contribution >= 0.6 is 0 Å². The van der Waals surface area contributed by atoms with Gasteiger partial charge in [0.05, 0.1) is 21.7 Å². The van der Waals surface area contributed by atoms with E-state index in [1.165, 1.54) is 42.6 Å². The van der Waals surface area contributed by atoms with Crippen molar-refractivity contribution in [1.29, 1.82) is 0 Å². The maximum atomic E-state index is 10.9. The maximum Gasteiger partial charge on any atom is 0.294 e. The highest BCUT2D eigenvalue weighted by Crippen LogP contribution is 2.14. The molecule has 0 aliphatic carbocycles. The lowest BCUT2D eigenvalue weighted by Gasteiger charge is -2.01. The Labute approximate surface area is 126 Å². The number of benzene rings is 2. The van der Waals surface area contributed by atoms with Gasteiger partial charge in [-0.1, -0.05) is 12.1 Å². The van der Waals surface area contributed by atoms with Crippen LogP contribution in [0.4, 0.5) is 11.4 Å². The van der Waals surface area contributed by atoms with Crippen LogP contribution in [-0.2, 0) is 10.1 Å². The molecule has 0 radical (unpaired) electrons. The first-order valence-electron chi connectivity index (χ1n) is 5.97. The lowest BCUT2D eigenvalue weighted by Crippen LogP contribution is -1.98. The molecule has 2 rings (SSSR count). The molecule has 0 bridgehead atoms. The third kappa shape index (κ3) is 4.11. The predicted octanol–water partition coefficient (Wildman–Crippen LogP) is 2.29. The Morgan fingerprint density at radius 2 is 1.86 bits per heavy atom. The summed E-state index contributed by atoms with van der Waals surface area (Å²) in [7, 11) is -4.23. The van der Waals surface area contributed by atoms with Crippen LogP contribution in [0.25, 0.3) is 0 Å². The fourth-order valence-electron chi connectivity index (χ4n) is 1.60. The number of nitro benzene ring substituents is 1. The highest BCUT2D eigenvalue weighted by atomic mass is 32.2. The highest BCUT2D eigenvalue weighted by Gasteiger charge is 2.08. The van der Waals surface area contributed by atoms with Crippen molar-refractivity contribution in [2.24, 2.45) is 5.10 Å². The molecular formula is C13H11N3O5S. The number of hydrogen-bond donors (Lipinski definition) is 2. The molecular weight excluding hydrogens is 310 g/mol. The molecule has 0 aliphatic heterocycles. The molecule has 2 aromatic carbocycles. The minimum atomic E-state index is -4.23. The van der Waals surface area contributed by atoms with E-state index in [2.05, 4.69) is 10.5 Å². The fraction of sp³-hybridized carbons (Fsp3) is 0. The maximum absolute atomic E-state index is 10.9.